The molecule has 0 bridgehead atoms. The molecule has 0 radical (unpaired) electrons. The number of hydrogen-bond donors (Lipinski definition) is 2. The molecule has 7 heteroatoms. The van der Waals surface area contributed by atoms with E-state index in [0.29, 0.717) is 11.3 Å². The van der Waals surface area contributed by atoms with Crippen molar-refractivity contribution < 1.29 is 0 Å². The molecule has 0 spiro atoms. The summed E-state index contributed by atoms with van der Waals surface area (Å²) in [6.45, 7) is 4.04. The largest absolute Gasteiger partial charge is 0.369 e. The smallest absolute Gasteiger partial charge is 0.258 e. The minimum absolute atomic E-state index is 0.167. The molecular formula is C21H20N6O. The van der Waals surface area contributed by atoms with Crippen molar-refractivity contribution in [1.29, 1.82) is 0 Å². The van der Waals surface area contributed by atoms with Gasteiger partial charge in [0.1, 0.15) is 5.69 Å². The molecule has 0 saturated carbocycles. The Labute approximate surface area is 161 Å². The van der Waals surface area contributed by atoms with Crippen LogP contribution in [-0.4, -0.2) is 46.2 Å². The van der Waals surface area contributed by atoms with Gasteiger partial charge in [-0.15, -0.1) is 5.10 Å². The van der Waals surface area contributed by atoms with Gasteiger partial charge in [0.25, 0.3) is 5.56 Å². The number of hydrogen-bond acceptors (Lipinski definition) is 5. The predicted molar refractivity (Wildman–Crippen MR) is 110 cm³/mol. The van der Waals surface area contributed by atoms with Crippen LogP contribution < -0.4 is 15.8 Å². The molecule has 1 fully saturated rings. The number of fused-ring (bicyclic) bond motifs is 1. The van der Waals surface area contributed by atoms with E-state index in [1.54, 1.807) is 10.9 Å². The van der Waals surface area contributed by atoms with Gasteiger partial charge in [0, 0.05) is 37.4 Å². The number of H-pyrrole nitrogens is 1. The number of anilines is 1. The van der Waals surface area contributed by atoms with Crippen molar-refractivity contribution >= 4 is 16.6 Å². The van der Waals surface area contributed by atoms with Crippen LogP contribution in [0, 0.1) is 0 Å². The standard InChI is InChI=1S/C21H20N6O/c28-21-18(13-15-3-1-2-4-19(15)23-21)20-14-27(25-24-20)17-7-5-16(6-8-17)26-11-9-22-10-12-26/h1-8,13-14,22H,9-12H2,(H,23,28). The molecule has 1 aliphatic rings. The Bertz CT molecular complexity index is 1170. The summed E-state index contributed by atoms with van der Waals surface area (Å²) in [6, 6.07) is 17.8. The highest BCUT2D eigenvalue weighted by atomic mass is 16.1. The zero-order valence-corrected chi connectivity index (χ0v) is 15.3. The molecule has 1 saturated heterocycles. The number of benzene rings is 2. The first-order valence-electron chi connectivity index (χ1n) is 9.39. The summed E-state index contributed by atoms with van der Waals surface area (Å²) < 4.78 is 1.70. The Morgan fingerprint density at radius 2 is 1.68 bits per heavy atom. The van der Waals surface area contributed by atoms with Crippen molar-refractivity contribution in [3.8, 4) is 16.9 Å². The number of rotatable bonds is 3. The van der Waals surface area contributed by atoms with Gasteiger partial charge < -0.3 is 15.2 Å². The molecule has 2 aromatic carbocycles. The van der Waals surface area contributed by atoms with Crippen LogP contribution in [0.5, 0.6) is 0 Å². The maximum absolute atomic E-state index is 12.5. The van der Waals surface area contributed by atoms with Crippen molar-refractivity contribution in [2.24, 2.45) is 0 Å². The molecule has 0 amide bonds. The molecule has 140 valence electrons. The zero-order valence-electron chi connectivity index (χ0n) is 15.3. The predicted octanol–water partition coefficient (Wildman–Crippen LogP) is 2.19. The van der Waals surface area contributed by atoms with E-state index in [1.165, 1.54) is 5.69 Å². The van der Waals surface area contributed by atoms with Crippen molar-refractivity contribution in [3.63, 3.8) is 0 Å². The Morgan fingerprint density at radius 3 is 2.50 bits per heavy atom. The van der Waals surface area contributed by atoms with E-state index in [4.69, 9.17) is 0 Å². The van der Waals surface area contributed by atoms with Crippen molar-refractivity contribution in [1.82, 2.24) is 25.3 Å². The van der Waals surface area contributed by atoms with E-state index in [2.05, 4.69) is 37.6 Å². The molecular weight excluding hydrogens is 352 g/mol. The minimum Gasteiger partial charge on any atom is -0.369 e. The maximum atomic E-state index is 12.5. The van der Waals surface area contributed by atoms with Crippen LogP contribution in [0.3, 0.4) is 0 Å². The molecule has 28 heavy (non-hydrogen) atoms. The lowest BCUT2D eigenvalue weighted by atomic mass is 10.1. The monoisotopic (exact) mass is 372 g/mol. The summed E-state index contributed by atoms with van der Waals surface area (Å²) in [5.41, 5.74) is 3.83. The summed E-state index contributed by atoms with van der Waals surface area (Å²) in [6.07, 6.45) is 1.79. The topological polar surface area (TPSA) is 78.8 Å². The quantitative estimate of drug-likeness (QED) is 0.576. The Kier molecular flexibility index (Phi) is 4.14. The number of piperazine rings is 1. The van der Waals surface area contributed by atoms with Crippen LogP contribution in [0.2, 0.25) is 0 Å². The SMILES string of the molecule is O=c1[nH]c2ccccc2cc1-c1cn(-c2ccc(N3CCNCC3)cc2)nn1. The Morgan fingerprint density at radius 1 is 0.929 bits per heavy atom. The number of nitrogens with one attached hydrogen (secondary N) is 2. The lowest BCUT2D eigenvalue weighted by Gasteiger charge is -2.29. The first-order chi connectivity index (χ1) is 13.8. The number of pyridine rings is 1. The third-order valence-electron chi connectivity index (χ3n) is 5.12. The highest BCUT2D eigenvalue weighted by Crippen LogP contribution is 2.20. The van der Waals surface area contributed by atoms with E-state index in [-0.39, 0.29) is 5.56 Å². The summed E-state index contributed by atoms with van der Waals surface area (Å²) in [4.78, 5) is 17.7. The van der Waals surface area contributed by atoms with E-state index in [1.807, 2.05) is 42.5 Å². The fraction of sp³-hybridized carbons (Fsp3) is 0.190. The van der Waals surface area contributed by atoms with Crippen LogP contribution in [0.15, 0.2) is 65.6 Å². The maximum Gasteiger partial charge on any atom is 0.258 e. The summed E-state index contributed by atoms with van der Waals surface area (Å²) in [5, 5.41) is 12.8. The number of aromatic amines is 1. The summed E-state index contributed by atoms with van der Waals surface area (Å²) in [5.74, 6) is 0. The van der Waals surface area contributed by atoms with Crippen LogP contribution in [0.25, 0.3) is 27.8 Å². The van der Waals surface area contributed by atoms with Gasteiger partial charge in [-0.25, -0.2) is 4.68 Å². The number of para-hydroxylation sites is 1. The highest BCUT2D eigenvalue weighted by Gasteiger charge is 2.12. The van der Waals surface area contributed by atoms with Gasteiger partial charge in [-0.2, -0.15) is 0 Å². The summed E-state index contributed by atoms with van der Waals surface area (Å²) >= 11 is 0. The van der Waals surface area contributed by atoms with E-state index in [9.17, 15) is 4.79 Å². The molecule has 7 nitrogen and oxygen atoms in total. The Hall–Kier alpha value is -3.45. The fourth-order valence-corrected chi connectivity index (χ4v) is 3.59. The van der Waals surface area contributed by atoms with Crippen LogP contribution in [0.1, 0.15) is 0 Å². The zero-order chi connectivity index (χ0) is 18.9. The van der Waals surface area contributed by atoms with Crippen molar-refractivity contribution in [2.45, 2.75) is 0 Å². The van der Waals surface area contributed by atoms with Crippen molar-refractivity contribution in [2.75, 3.05) is 31.1 Å². The second-order valence-corrected chi connectivity index (χ2v) is 6.90. The second kappa shape index (κ2) is 6.94. The molecule has 2 N–H and O–H groups in total. The van der Waals surface area contributed by atoms with Gasteiger partial charge in [0.15, 0.2) is 0 Å². The minimum atomic E-state index is -0.167. The molecule has 0 atom stereocenters. The van der Waals surface area contributed by atoms with E-state index in [0.717, 1.165) is 42.8 Å². The summed E-state index contributed by atoms with van der Waals surface area (Å²) in [7, 11) is 0. The van der Waals surface area contributed by atoms with Gasteiger partial charge in [-0.05, 0) is 41.8 Å². The van der Waals surface area contributed by atoms with Gasteiger partial charge in [-0.1, -0.05) is 23.4 Å². The van der Waals surface area contributed by atoms with Crippen LogP contribution in [0.4, 0.5) is 5.69 Å². The van der Waals surface area contributed by atoms with Crippen LogP contribution in [-0.2, 0) is 0 Å². The molecule has 1 aliphatic heterocycles. The Balaban J connectivity index is 1.45. The molecule has 3 heterocycles. The number of nitrogens with zero attached hydrogens (tertiary/aromatic N) is 4. The number of aromatic nitrogens is 4. The highest BCUT2D eigenvalue weighted by molar-refractivity contribution is 5.82. The van der Waals surface area contributed by atoms with Crippen LogP contribution >= 0.6 is 0 Å². The van der Waals surface area contributed by atoms with Gasteiger partial charge in [0.2, 0.25) is 0 Å². The van der Waals surface area contributed by atoms with E-state index < -0.39 is 0 Å². The first kappa shape index (κ1) is 16.7. The average Bonchev–Trinajstić information content (AvgIpc) is 3.24. The molecule has 0 unspecified atom stereocenters. The first-order valence-corrected chi connectivity index (χ1v) is 9.39. The molecule has 0 aliphatic carbocycles. The fourth-order valence-electron chi connectivity index (χ4n) is 3.59. The third-order valence-corrected chi connectivity index (χ3v) is 5.12. The lowest BCUT2D eigenvalue weighted by molar-refractivity contribution is 0.589. The third kappa shape index (κ3) is 3.05. The van der Waals surface area contributed by atoms with Gasteiger partial charge >= 0.3 is 0 Å². The van der Waals surface area contributed by atoms with E-state index >= 15 is 0 Å². The molecule has 2 aromatic heterocycles. The van der Waals surface area contributed by atoms with Gasteiger partial charge in [-0.3, -0.25) is 4.79 Å². The second-order valence-electron chi connectivity index (χ2n) is 6.90. The van der Waals surface area contributed by atoms with Gasteiger partial charge in [0.05, 0.1) is 17.4 Å². The lowest BCUT2D eigenvalue weighted by Crippen LogP contribution is -2.43. The van der Waals surface area contributed by atoms with Crippen molar-refractivity contribution in [3.05, 3.63) is 71.1 Å². The average molecular weight is 372 g/mol. The normalized spacial score (nSPS) is 14.5. The molecule has 5 rings (SSSR count). The molecule has 4 aromatic rings.